The molecule has 0 aromatic carbocycles. The van der Waals surface area contributed by atoms with Gasteiger partial charge in [-0.2, -0.15) is 132 Å². The molecule has 16 nitrogen and oxygen atoms in total. The number of hydrogen-bond acceptors (Lipinski definition) is 15. The van der Waals surface area contributed by atoms with Crippen LogP contribution in [0.25, 0.3) is 0 Å². The first kappa shape index (κ1) is 89.0. The maximum atomic E-state index is 12.9. The maximum Gasteiger partial charge on any atom is 1.00 e. The number of hydrogen-bond donors (Lipinski definition) is 1. The van der Waals surface area contributed by atoms with Crippen LogP contribution in [-0.4, -0.2) is 146 Å². The number of phosphoric ester groups is 2. The second kappa shape index (κ2) is 33.5. The zero-order valence-corrected chi connectivity index (χ0v) is 45.5. The summed E-state index contributed by atoms with van der Waals surface area (Å²) in [6.07, 6.45) is -62.5. The molecule has 1 aromatic heterocycles. The van der Waals surface area contributed by atoms with Gasteiger partial charge in [-0.1, -0.05) is 13.3 Å². The van der Waals surface area contributed by atoms with E-state index >= 15 is 0 Å². The number of methoxy groups -OCH3 is 1. The van der Waals surface area contributed by atoms with E-state index in [1.165, 1.54) is 12.8 Å². The van der Waals surface area contributed by atoms with E-state index in [0.29, 0.717) is 0 Å². The maximum absolute atomic E-state index is 12.9. The predicted molar refractivity (Wildman–Crippen MR) is 195 cm³/mol. The second-order valence-corrected chi connectivity index (χ2v) is 22.5. The van der Waals surface area contributed by atoms with Gasteiger partial charge in [0.15, 0.2) is 18.3 Å². The molecule has 0 spiro atoms. The molecular weight excluding hydrogens is 1380 g/mol. The largest absolute Gasteiger partial charge is 1.00 e. The molecule has 0 aliphatic carbocycles. The molecule has 0 saturated carbocycles. The van der Waals surface area contributed by atoms with E-state index in [1.807, 2.05) is 18.7 Å². The van der Waals surface area contributed by atoms with Crippen molar-refractivity contribution in [1.29, 1.82) is 0 Å². The van der Waals surface area contributed by atoms with Crippen molar-refractivity contribution in [2.75, 3.05) is 40.1 Å². The zero-order valence-electron chi connectivity index (χ0n) is 38.6. The van der Waals surface area contributed by atoms with Gasteiger partial charge in [-0.05, 0) is 40.1 Å². The molecule has 0 fully saturated rings. The Hall–Kier alpha value is -0.770. The number of imidazole rings is 1. The first-order chi connectivity index (χ1) is 34.8. The Kier molecular flexibility index (Phi) is 36.9. The molecule has 0 radical (unpaired) electrons. The number of phosphoric acid groups is 2. The van der Waals surface area contributed by atoms with Crippen molar-refractivity contribution >= 4 is 54.6 Å². The smallest absolute Gasteiger partial charge is 0.790 e. The van der Waals surface area contributed by atoms with Crippen LogP contribution in [0.15, 0.2) is 18.7 Å². The van der Waals surface area contributed by atoms with Crippen LogP contribution in [0.3, 0.4) is 0 Å². The van der Waals surface area contributed by atoms with Gasteiger partial charge in [0.25, 0.3) is 7.82 Å². The Bertz CT molecular complexity index is 2050. The Morgan fingerprint density at radius 2 is 0.852 bits per heavy atom. The molecule has 1 aromatic rings. The van der Waals surface area contributed by atoms with Crippen molar-refractivity contribution in [3.63, 3.8) is 0 Å². The topological polar surface area (TPSA) is 223 Å². The molecule has 1 N–H and O–H groups in total. The Morgan fingerprint density at radius 3 is 1.09 bits per heavy atom. The average Bonchev–Trinajstić information content (AvgIpc) is 3.73. The van der Waals surface area contributed by atoms with Gasteiger partial charge < -0.3 is 47.2 Å². The first-order valence-corrected chi connectivity index (χ1v) is 25.8. The van der Waals surface area contributed by atoms with Crippen LogP contribution < -0.4 is 44.2 Å². The van der Waals surface area contributed by atoms with E-state index in [2.05, 4.69) is 82.7 Å². The summed E-state index contributed by atoms with van der Waals surface area (Å²) in [6.45, 7) is -5.07. The van der Waals surface area contributed by atoms with Crippen LogP contribution in [0.1, 0.15) is 19.8 Å². The third-order valence-corrected chi connectivity index (χ3v) is 8.36. The van der Waals surface area contributed by atoms with Crippen molar-refractivity contribution in [2.45, 2.75) is 118 Å². The van der Waals surface area contributed by atoms with Crippen LogP contribution in [-0.2, 0) is 52.8 Å². The molecule has 1 rings (SSSR count). The number of halogens is 33. The van der Waals surface area contributed by atoms with Gasteiger partial charge in [-0.25, -0.2) is 4.98 Å². The van der Waals surface area contributed by atoms with Crippen molar-refractivity contribution in [1.82, 2.24) is 9.55 Å². The molecule has 0 saturated heterocycles. The minimum Gasteiger partial charge on any atom is -0.790 e. The van der Waals surface area contributed by atoms with Crippen molar-refractivity contribution in [3.8, 4) is 0 Å². The minimum atomic E-state index is -7.03. The van der Waals surface area contributed by atoms with Crippen LogP contribution in [0, 0.1) is 0 Å². The molecule has 0 aliphatic rings. The molecule has 0 bridgehead atoms. The number of unbranched alkanes of at least 4 members (excludes halogenated alkanes) is 1. The summed E-state index contributed by atoms with van der Waals surface area (Å²) < 4.78 is 419. The van der Waals surface area contributed by atoms with Crippen LogP contribution in [0.2, 0.25) is 0 Å². The standard InChI is InChI=1S/C9H11F10O6P.C7H12N2.C6H5F10O5P.C6H4F10O2.Cl3OP.Na/c1-22-2-3-23-26(20,21)24-4-5(6(10,11)12)25-9(18,19)7(13,14)8(15,16)17;1-2-3-5-9-6-4-8-7-9;7-3(8,9)2(1-20-22(17,18)19)21-6(15,16)4(10,11)5(12,13)14;7-3(8,9)2(1-17)18-6(15,16)4(10,11)5(12,13)14;1-5(2,3)4;/h5H,2-4H2,1H3,(H,20,21);4,6-7H,2-3,5H2,1H3;2H,1H2,(H2,17,18,19);2,17H,1H2;;/q;;;;;+1/p-3. The fourth-order valence-corrected chi connectivity index (χ4v) is 4.21. The van der Waals surface area contributed by atoms with Crippen LogP contribution in [0.4, 0.5) is 132 Å². The quantitative estimate of drug-likeness (QED) is 0.0469. The van der Waals surface area contributed by atoms with E-state index in [9.17, 15) is 160 Å². The van der Waals surface area contributed by atoms with Crippen molar-refractivity contribution in [3.05, 3.63) is 18.7 Å². The molecule has 53 heteroatoms. The SMILES string of the molecule is CCCCn1ccnc1.COCCOP(=O)([O-])OCC(OC(F)(F)C(F)(F)C(F)(F)F)C(F)(F)F.O=P(Cl)(Cl)Cl.O=P([O-])([O-])OCC(OC(F)(F)C(F)(F)C(F)(F)F)C(F)(F)F.OCC(OC(F)(F)C(F)(F)C(F)(F)F)C(F)(F)F.[Na+]. The summed E-state index contributed by atoms with van der Waals surface area (Å²) in [5.41, 5.74) is 0. The van der Waals surface area contributed by atoms with Gasteiger partial charge in [0.1, 0.15) is 0 Å². The summed E-state index contributed by atoms with van der Waals surface area (Å²) >= 11 is 13.8. The van der Waals surface area contributed by atoms with E-state index in [1.54, 1.807) is 0 Å². The van der Waals surface area contributed by atoms with Gasteiger partial charge in [0, 0.05) is 26.0 Å². The third kappa shape index (κ3) is 34.4. The normalized spacial score (nSPS) is 15.8. The summed E-state index contributed by atoms with van der Waals surface area (Å²) in [7, 11) is -10.6. The summed E-state index contributed by atoms with van der Waals surface area (Å²) in [5.74, 6) is -20.9. The Balaban J connectivity index is -0.000000319. The Labute approximate surface area is 466 Å². The fourth-order valence-electron chi connectivity index (χ4n) is 3.20. The Morgan fingerprint density at radius 1 is 0.543 bits per heavy atom. The summed E-state index contributed by atoms with van der Waals surface area (Å²) in [5, 5.41) is 4.77. The number of alkyl halides is 30. The van der Waals surface area contributed by atoms with Crippen LogP contribution >= 0.6 is 54.6 Å². The van der Waals surface area contributed by atoms with Gasteiger partial charge in [-0.3, -0.25) is 23.3 Å². The summed E-state index contributed by atoms with van der Waals surface area (Å²) in [6, 6.07) is 0. The molecule has 81 heavy (non-hydrogen) atoms. The number of aliphatic hydroxyl groups is 1. The number of aliphatic hydroxyl groups excluding tert-OH is 1. The molecule has 4 unspecified atom stereocenters. The molecule has 484 valence electrons. The number of nitrogens with zero attached hydrogens (tertiary/aromatic N) is 2. The van der Waals surface area contributed by atoms with Gasteiger partial charge in [0.05, 0.1) is 47.2 Å². The average molecular weight is 1410 g/mol. The second-order valence-electron chi connectivity index (χ2n) is 13.3. The van der Waals surface area contributed by atoms with Gasteiger partial charge >= 0.3 is 108 Å². The molecule has 0 amide bonds. The minimum absolute atomic E-state index is 0. The molecule has 1 heterocycles. The number of ether oxygens (including phenoxy) is 4. The van der Waals surface area contributed by atoms with Crippen molar-refractivity contribution in [2.24, 2.45) is 0 Å². The van der Waals surface area contributed by atoms with E-state index in [4.69, 9.17) is 5.11 Å². The molecule has 0 aliphatic heterocycles. The fraction of sp³-hybridized carbons (Fsp3) is 0.893. The number of aryl methyl sites for hydroxylation is 1. The molecule has 4 atom stereocenters. The number of rotatable bonds is 23. The van der Waals surface area contributed by atoms with Crippen molar-refractivity contribution < 1.29 is 227 Å². The predicted octanol–water partition coefficient (Wildman–Crippen LogP) is 8.66. The van der Waals surface area contributed by atoms with E-state index in [0.717, 1.165) is 13.7 Å². The van der Waals surface area contributed by atoms with E-state index < -0.39 is 139 Å². The number of aromatic nitrogens is 2. The van der Waals surface area contributed by atoms with Gasteiger partial charge in [-0.15, -0.1) is 0 Å². The zero-order chi connectivity index (χ0) is 65.2. The van der Waals surface area contributed by atoms with Crippen LogP contribution in [0.5, 0.6) is 0 Å². The first-order valence-electron chi connectivity index (χ1n) is 18.5. The van der Waals surface area contributed by atoms with E-state index in [-0.39, 0.29) is 36.2 Å². The molecular formula is C28H29Cl3F30N2NaO14P3-2. The van der Waals surface area contributed by atoms with Gasteiger partial charge in [0.2, 0.25) is 0 Å². The third-order valence-electron chi connectivity index (χ3n) is 6.93. The monoisotopic (exact) mass is 1410 g/mol. The summed E-state index contributed by atoms with van der Waals surface area (Å²) in [4.78, 5) is 34.8.